The molecule has 7 nitrogen and oxygen atoms in total. The maximum Gasteiger partial charge on any atom is 0.356 e. The number of nitrogens with two attached hydrogens (primary N) is 1. The molecule has 0 bridgehead atoms. The van der Waals surface area contributed by atoms with Crippen molar-refractivity contribution in [2.75, 3.05) is 20.0 Å². The molecule has 0 unspecified atom stereocenters. The fraction of sp³-hybridized carbons (Fsp3) is 0.231. The van der Waals surface area contributed by atoms with Gasteiger partial charge in [0.1, 0.15) is 17.2 Å². The molecule has 1 aromatic heterocycles. The predicted molar refractivity (Wildman–Crippen MR) is 73.1 cm³/mol. The number of carboxylic acids is 1. The number of hydrogen-bond donors (Lipinski definition) is 2. The van der Waals surface area contributed by atoms with E-state index in [-0.39, 0.29) is 5.69 Å². The molecule has 7 heteroatoms. The van der Waals surface area contributed by atoms with Crippen LogP contribution >= 0.6 is 0 Å². The highest BCUT2D eigenvalue weighted by Gasteiger charge is 2.16. The van der Waals surface area contributed by atoms with Gasteiger partial charge in [-0.3, -0.25) is 4.68 Å². The molecule has 1 aromatic carbocycles. The van der Waals surface area contributed by atoms with Crippen molar-refractivity contribution in [1.29, 1.82) is 0 Å². The maximum absolute atomic E-state index is 11.0. The molecular weight excluding hydrogens is 262 g/mol. The summed E-state index contributed by atoms with van der Waals surface area (Å²) in [6.45, 7) is 0. The number of carbonyl (C=O) groups is 1. The highest BCUT2D eigenvalue weighted by Crippen LogP contribution is 2.37. The minimum atomic E-state index is -1.08. The van der Waals surface area contributed by atoms with Crippen molar-refractivity contribution < 1.29 is 19.4 Å². The number of benzene rings is 1. The van der Waals surface area contributed by atoms with E-state index in [1.54, 1.807) is 19.2 Å². The lowest BCUT2D eigenvalue weighted by molar-refractivity contribution is 0.0689. The fourth-order valence-corrected chi connectivity index (χ4v) is 1.93. The van der Waals surface area contributed by atoms with Crippen molar-refractivity contribution in [3.8, 4) is 22.8 Å². The second-order valence-corrected chi connectivity index (χ2v) is 4.14. The molecule has 0 amide bonds. The highest BCUT2D eigenvalue weighted by molar-refractivity contribution is 5.87. The summed E-state index contributed by atoms with van der Waals surface area (Å²) in [5.41, 5.74) is 7.56. The van der Waals surface area contributed by atoms with Gasteiger partial charge in [-0.1, -0.05) is 0 Å². The molecule has 106 valence electrons. The van der Waals surface area contributed by atoms with E-state index < -0.39 is 5.97 Å². The molecule has 0 saturated heterocycles. The van der Waals surface area contributed by atoms with Crippen molar-refractivity contribution in [2.24, 2.45) is 7.05 Å². The lowest BCUT2D eigenvalue weighted by atomic mass is 10.1. The number of nitrogen functional groups attached to an aromatic ring is 1. The molecule has 1 heterocycles. The Hall–Kier alpha value is -2.70. The first-order valence-corrected chi connectivity index (χ1v) is 5.77. The topological polar surface area (TPSA) is 99.6 Å². The van der Waals surface area contributed by atoms with Gasteiger partial charge in [-0.15, -0.1) is 0 Å². The third kappa shape index (κ3) is 2.25. The van der Waals surface area contributed by atoms with E-state index in [1.807, 2.05) is 0 Å². The van der Waals surface area contributed by atoms with Crippen LogP contribution in [0.25, 0.3) is 11.3 Å². The molecule has 0 fully saturated rings. The Morgan fingerprint density at radius 2 is 1.80 bits per heavy atom. The van der Waals surface area contributed by atoms with Gasteiger partial charge in [-0.05, 0) is 18.2 Å². The Kier molecular flexibility index (Phi) is 3.51. The van der Waals surface area contributed by atoms with Crippen molar-refractivity contribution in [3.63, 3.8) is 0 Å². The first-order chi connectivity index (χ1) is 9.47. The Morgan fingerprint density at radius 3 is 2.20 bits per heavy atom. The van der Waals surface area contributed by atoms with Gasteiger partial charge >= 0.3 is 5.97 Å². The van der Waals surface area contributed by atoms with Gasteiger partial charge in [0.2, 0.25) is 0 Å². The highest BCUT2D eigenvalue weighted by atomic mass is 16.5. The molecule has 2 rings (SSSR count). The number of aromatic nitrogens is 2. The Labute approximate surface area is 115 Å². The monoisotopic (exact) mass is 277 g/mol. The van der Waals surface area contributed by atoms with Crippen LogP contribution in [0.15, 0.2) is 18.2 Å². The third-order valence-corrected chi connectivity index (χ3v) is 2.94. The zero-order chi connectivity index (χ0) is 14.9. The summed E-state index contributed by atoms with van der Waals surface area (Å²) in [7, 11) is 4.67. The lowest BCUT2D eigenvalue weighted by Gasteiger charge is -2.12. The van der Waals surface area contributed by atoms with Gasteiger partial charge in [-0.25, -0.2) is 4.79 Å². The molecule has 0 aliphatic carbocycles. The predicted octanol–water partition coefficient (Wildman–Crippen LogP) is 1.38. The second-order valence-electron chi connectivity index (χ2n) is 4.14. The molecule has 0 spiro atoms. The quantitative estimate of drug-likeness (QED) is 0.819. The number of carboxylic acid groups (broad SMARTS) is 1. The number of rotatable bonds is 4. The molecule has 3 N–H and O–H groups in total. The molecule has 0 atom stereocenters. The largest absolute Gasteiger partial charge is 0.494 e. The summed E-state index contributed by atoms with van der Waals surface area (Å²) >= 11 is 0. The van der Waals surface area contributed by atoms with Gasteiger partial charge in [0, 0.05) is 12.6 Å². The fourth-order valence-electron chi connectivity index (χ4n) is 1.93. The summed E-state index contributed by atoms with van der Waals surface area (Å²) < 4.78 is 11.9. The molecular formula is C13H15N3O4. The number of anilines is 1. The van der Waals surface area contributed by atoms with Crippen LogP contribution in [0.4, 0.5) is 5.69 Å². The number of nitrogens with zero attached hydrogens (tertiary/aromatic N) is 2. The SMILES string of the molecule is COc1cc(-c2cc(C(=O)O)nn2C)cc(OC)c1N. The van der Waals surface area contributed by atoms with Crippen LogP contribution in [0.2, 0.25) is 0 Å². The van der Waals surface area contributed by atoms with Crippen LogP contribution in [0.3, 0.4) is 0 Å². The summed E-state index contributed by atoms with van der Waals surface area (Å²) in [6.07, 6.45) is 0. The third-order valence-electron chi connectivity index (χ3n) is 2.94. The van der Waals surface area contributed by atoms with Crippen LogP contribution < -0.4 is 15.2 Å². The zero-order valence-electron chi connectivity index (χ0n) is 11.4. The van der Waals surface area contributed by atoms with Gasteiger partial charge in [0.15, 0.2) is 5.69 Å². The van der Waals surface area contributed by atoms with Gasteiger partial charge in [0.05, 0.1) is 19.9 Å². The molecule has 2 aromatic rings. The van der Waals surface area contributed by atoms with Crippen LogP contribution in [0, 0.1) is 0 Å². The van der Waals surface area contributed by atoms with Gasteiger partial charge < -0.3 is 20.3 Å². The average Bonchev–Trinajstić information content (AvgIpc) is 2.81. The summed E-state index contributed by atoms with van der Waals surface area (Å²) in [5.74, 6) is -0.170. The summed E-state index contributed by atoms with van der Waals surface area (Å²) in [5, 5.41) is 12.9. The average molecular weight is 277 g/mol. The molecule has 0 radical (unpaired) electrons. The molecule has 0 saturated carbocycles. The number of methoxy groups -OCH3 is 2. The summed E-state index contributed by atoms with van der Waals surface area (Å²) in [6, 6.07) is 4.90. The first kappa shape index (κ1) is 13.7. The van der Waals surface area contributed by atoms with Gasteiger partial charge in [-0.2, -0.15) is 5.10 Å². The van der Waals surface area contributed by atoms with E-state index in [0.29, 0.717) is 28.4 Å². The second kappa shape index (κ2) is 5.12. The van der Waals surface area contributed by atoms with Crippen LogP contribution in [-0.4, -0.2) is 35.1 Å². The maximum atomic E-state index is 11.0. The van der Waals surface area contributed by atoms with Crippen molar-refractivity contribution in [3.05, 3.63) is 23.9 Å². The minimum absolute atomic E-state index is 0.0303. The van der Waals surface area contributed by atoms with Crippen LogP contribution in [0.1, 0.15) is 10.5 Å². The Balaban J connectivity index is 2.60. The van der Waals surface area contributed by atoms with E-state index in [9.17, 15) is 4.79 Å². The van der Waals surface area contributed by atoms with Crippen molar-refractivity contribution >= 4 is 11.7 Å². The van der Waals surface area contributed by atoms with Crippen molar-refractivity contribution in [1.82, 2.24) is 9.78 Å². The molecule has 0 aliphatic heterocycles. The smallest absolute Gasteiger partial charge is 0.356 e. The van der Waals surface area contributed by atoms with E-state index in [0.717, 1.165) is 0 Å². The summed E-state index contributed by atoms with van der Waals surface area (Å²) in [4.78, 5) is 11.0. The molecule has 20 heavy (non-hydrogen) atoms. The van der Waals surface area contributed by atoms with Crippen LogP contribution in [0.5, 0.6) is 11.5 Å². The number of ether oxygens (including phenoxy) is 2. The van der Waals surface area contributed by atoms with Gasteiger partial charge in [0.25, 0.3) is 0 Å². The number of hydrogen-bond acceptors (Lipinski definition) is 5. The lowest BCUT2D eigenvalue weighted by Crippen LogP contribution is -2.00. The van der Waals surface area contributed by atoms with E-state index >= 15 is 0 Å². The Bertz CT molecular complexity index is 639. The normalized spacial score (nSPS) is 10.3. The van der Waals surface area contributed by atoms with Crippen molar-refractivity contribution in [2.45, 2.75) is 0 Å². The minimum Gasteiger partial charge on any atom is -0.494 e. The van der Waals surface area contributed by atoms with E-state index in [1.165, 1.54) is 25.0 Å². The first-order valence-electron chi connectivity index (χ1n) is 5.77. The number of aromatic carboxylic acids is 1. The number of aryl methyl sites for hydroxylation is 1. The van der Waals surface area contributed by atoms with Crippen LogP contribution in [-0.2, 0) is 7.05 Å². The zero-order valence-corrected chi connectivity index (χ0v) is 11.4. The standard InChI is InChI=1S/C13H15N3O4/c1-16-9(6-8(15-16)13(17)18)7-4-10(19-2)12(14)11(5-7)20-3/h4-6H,14H2,1-3H3,(H,17,18). The van der Waals surface area contributed by atoms with E-state index in [4.69, 9.17) is 20.3 Å². The van der Waals surface area contributed by atoms with E-state index in [2.05, 4.69) is 5.10 Å². The molecule has 0 aliphatic rings. The Morgan fingerprint density at radius 1 is 1.25 bits per heavy atom.